The monoisotopic (exact) mass is 1550 g/mol. The number of esters is 4. The smallest absolute Gasteiger partial charge is 0.462 e. The first-order valence-corrected chi connectivity index (χ1v) is 45.1. The third-order valence-electron chi connectivity index (χ3n) is 17.3. The molecule has 0 spiro atoms. The molecule has 5 unspecified atom stereocenters. The standard InChI is InChI=1S/C89H150O17P2/c1-5-9-13-17-21-25-29-33-37-40-41-44-47-50-54-58-62-66-70-74-87(92)100-79-84(105-88(93)75-71-67-63-59-55-51-45-36-32-28-24-20-16-12-8-4)81-103-107(95,96)101-77-83(90)78-102-108(97,98)104-82-85(106-89(94)76-72-68-64-60-56-52-48-43-39-35-31-27-23-19-15-11-7-3)80-99-86(91)73-69-65-61-57-53-49-46-42-38-34-30-26-22-18-14-10-6-2/h10-12,14-16,21-28,33-39,41,44-45,83-85,90H,5-9,13,17-20,29-32,40,42-43,46-82H2,1-4H3,(H,95,96)(H,97,98)/b14-10-,15-11-,16-12-,25-21-,26-22-,27-23-,28-24-,37-33-,38-34-,39-35-,44-41-,45-36-. The predicted molar refractivity (Wildman–Crippen MR) is 445 cm³/mol. The molecule has 0 radical (unpaired) electrons. The Hall–Kier alpha value is -5.06. The molecular formula is C89H150O17P2. The maximum atomic E-state index is 13.1. The highest BCUT2D eigenvalue weighted by Crippen LogP contribution is 2.45. The predicted octanol–water partition coefficient (Wildman–Crippen LogP) is 25.0. The zero-order valence-corrected chi connectivity index (χ0v) is 69.5. The van der Waals surface area contributed by atoms with Gasteiger partial charge in [-0.25, -0.2) is 9.13 Å². The number of unbranched alkanes of at least 4 members (excludes halogenated alkanes) is 28. The van der Waals surface area contributed by atoms with Crippen molar-refractivity contribution in [3.63, 3.8) is 0 Å². The van der Waals surface area contributed by atoms with Gasteiger partial charge in [0.1, 0.15) is 19.3 Å². The van der Waals surface area contributed by atoms with Gasteiger partial charge in [0.2, 0.25) is 0 Å². The van der Waals surface area contributed by atoms with E-state index >= 15 is 0 Å². The van der Waals surface area contributed by atoms with Gasteiger partial charge in [0.15, 0.2) is 12.2 Å². The second-order valence-electron chi connectivity index (χ2n) is 27.6. The minimum atomic E-state index is -4.99. The number of aliphatic hydroxyl groups is 1. The fraction of sp³-hybridized carbons (Fsp3) is 0.685. The molecule has 17 nitrogen and oxygen atoms in total. The van der Waals surface area contributed by atoms with Gasteiger partial charge in [-0.3, -0.25) is 37.3 Å². The number of phosphoric acid groups is 2. The van der Waals surface area contributed by atoms with Crippen molar-refractivity contribution in [2.24, 2.45) is 0 Å². The van der Waals surface area contributed by atoms with Crippen LogP contribution in [0, 0.1) is 0 Å². The summed E-state index contributed by atoms with van der Waals surface area (Å²) in [4.78, 5) is 73.2. The first-order chi connectivity index (χ1) is 52.7. The van der Waals surface area contributed by atoms with Crippen molar-refractivity contribution < 1.29 is 80.2 Å². The number of allylic oxidation sites excluding steroid dienone is 24. The lowest BCUT2D eigenvalue weighted by molar-refractivity contribution is -0.161. The van der Waals surface area contributed by atoms with Crippen molar-refractivity contribution in [1.82, 2.24) is 0 Å². The van der Waals surface area contributed by atoms with Crippen LogP contribution in [0.1, 0.15) is 336 Å². The molecule has 0 bridgehead atoms. The molecule has 0 aliphatic heterocycles. The molecule has 0 aliphatic carbocycles. The molecule has 3 N–H and O–H groups in total. The zero-order valence-electron chi connectivity index (χ0n) is 67.7. The SMILES string of the molecule is CC/C=C\C/C=C\C/C=C\CCCCCCCCCC(=O)OCC(COP(=O)(O)OCC(O)COP(=O)(O)OCC(COC(=O)CCCCCCCC/C=C\C/C=C\C/C=C\CCCCC)OC(=O)CCCCCCC/C=C\C/C=C\C/C=C\CC)OC(=O)CCCCCCCCC/C=C\C/C=C\C/C=C\CC. The van der Waals surface area contributed by atoms with Crippen LogP contribution in [0.5, 0.6) is 0 Å². The number of hydrogen-bond donors (Lipinski definition) is 3. The molecule has 0 amide bonds. The van der Waals surface area contributed by atoms with Gasteiger partial charge >= 0.3 is 39.5 Å². The Morgan fingerprint density at radius 2 is 0.481 bits per heavy atom. The topological polar surface area (TPSA) is 237 Å². The molecule has 19 heteroatoms. The summed E-state index contributed by atoms with van der Waals surface area (Å²) in [5.41, 5.74) is 0. The van der Waals surface area contributed by atoms with Crippen LogP contribution in [0.2, 0.25) is 0 Å². The van der Waals surface area contributed by atoms with Gasteiger partial charge in [0, 0.05) is 25.7 Å². The lowest BCUT2D eigenvalue weighted by Gasteiger charge is -2.21. The minimum Gasteiger partial charge on any atom is -0.462 e. The summed E-state index contributed by atoms with van der Waals surface area (Å²) in [6.07, 6.45) is 92.3. The summed E-state index contributed by atoms with van der Waals surface area (Å²) in [6, 6.07) is 0. The van der Waals surface area contributed by atoms with Crippen molar-refractivity contribution in [2.75, 3.05) is 39.6 Å². The lowest BCUT2D eigenvalue weighted by Crippen LogP contribution is -2.30. The molecular weight excluding hydrogens is 1400 g/mol. The van der Waals surface area contributed by atoms with Gasteiger partial charge in [-0.05, 0) is 161 Å². The Morgan fingerprint density at radius 3 is 0.741 bits per heavy atom. The largest absolute Gasteiger partial charge is 0.472 e. The van der Waals surface area contributed by atoms with E-state index in [1.54, 1.807) is 0 Å². The maximum absolute atomic E-state index is 13.1. The molecule has 0 aliphatic rings. The summed E-state index contributed by atoms with van der Waals surface area (Å²) in [5, 5.41) is 10.7. The maximum Gasteiger partial charge on any atom is 0.472 e. The van der Waals surface area contributed by atoms with Crippen LogP contribution in [-0.2, 0) is 65.4 Å². The number of phosphoric ester groups is 2. The molecule has 618 valence electrons. The average Bonchev–Trinajstić information content (AvgIpc) is 0.901. The summed E-state index contributed by atoms with van der Waals surface area (Å²) in [6.45, 7) is 4.49. The number of rotatable bonds is 78. The van der Waals surface area contributed by atoms with Crippen LogP contribution in [0.15, 0.2) is 146 Å². The van der Waals surface area contributed by atoms with E-state index in [1.165, 1.54) is 19.3 Å². The quantitative estimate of drug-likeness (QED) is 0.0169. The third-order valence-corrected chi connectivity index (χ3v) is 19.2. The molecule has 5 atom stereocenters. The van der Waals surface area contributed by atoms with Crippen LogP contribution in [0.4, 0.5) is 0 Å². The average molecular weight is 1550 g/mol. The summed E-state index contributed by atoms with van der Waals surface area (Å²) < 4.78 is 68.8. The fourth-order valence-corrected chi connectivity index (χ4v) is 12.6. The van der Waals surface area contributed by atoms with Crippen molar-refractivity contribution in [2.45, 2.75) is 354 Å². The molecule has 0 rings (SSSR count). The normalized spacial score (nSPS) is 14.5. The van der Waals surface area contributed by atoms with E-state index in [9.17, 15) is 43.2 Å². The van der Waals surface area contributed by atoms with Crippen LogP contribution in [0.3, 0.4) is 0 Å². The van der Waals surface area contributed by atoms with E-state index in [0.717, 1.165) is 238 Å². The summed E-state index contributed by atoms with van der Waals surface area (Å²) in [5.74, 6) is -2.22. The number of ether oxygens (including phenoxy) is 4. The number of carbonyl (C=O) groups excluding carboxylic acids is 4. The van der Waals surface area contributed by atoms with E-state index in [1.807, 2.05) is 0 Å². The highest BCUT2D eigenvalue weighted by Gasteiger charge is 2.30. The van der Waals surface area contributed by atoms with Gasteiger partial charge in [0.25, 0.3) is 0 Å². The van der Waals surface area contributed by atoms with Crippen molar-refractivity contribution in [3.05, 3.63) is 146 Å². The third kappa shape index (κ3) is 79.0. The molecule has 0 aromatic carbocycles. The Balaban J connectivity index is 5.41. The fourth-order valence-electron chi connectivity index (χ4n) is 11.0. The summed E-state index contributed by atoms with van der Waals surface area (Å²) in [7, 11) is -9.99. The molecule has 0 aromatic heterocycles. The molecule has 0 aromatic rings. The first kappa shape index (κ1) is 103. The van der Waals surface area contributed by atoms with Crippen LogP contribution in [0.25, 0.3) is 0 Å². The van der Waals surface area contributed by atoms with Gasteiger partial charge < -0.3 is 33.8 Å². The summed E-state index contributed by atoms with van der Waals surface area (Å²) >= 11 is 0. The first-order valence-electron chi connectivity index (χ1n) is 42.1. The van der Waals surface area contributed by atoms with Crippen LogP contribution < -0.4 is 0 Å². The molecule has 0 saturated heterocycles. The molecule has 0 heterocycles. The van der Waals surface area contributed by atoms with Gasteiger partial charge in [0.05, 0.1) is 26.4 Å². The number of aliphatic hydroxyl groups excluding tert-OH is 1. The molecule has 0 fully saturated rings. The highest BCUT2D eigenvalue weighted by atomic mass is 31.2. The van der Waals surface area contributed by atoms with E-state index in [-0.39, 0.29) is 25.7 Å². The van der Waals surface area contributed by atoms with Gasteiger partial charge in [-0.15, -0.1) is 0 Å². The van der Waals surface area contributed by atoms with Crippen molar-refractivity contribution in [1.29, 1.82) is 0 Å². The highest BCUT2D eigenvalue weighted by molar-refractivity contribution is 7.47. The Kier molecular flexibility index (Phi) is 76.3. The number of carbonyl (C=O) groups is 4. The second-order valence-corrected chi connectivity index (χ2v) is 30.5. The van der Waals surface area contributed by atoms with Crippen molar-refractivity contribution >= 4 is 39.5 Å². The minimum absolute atomic E-state index is 0.0690. The Morgan fingerprint density at radius 1 is 0.269 bits per heavy atom. The van der Waals surface area contributed by atoms with E-state index in [0.29, 0.717) is 25.7 Å². The van der Waals surface area contributed by atoms with Crippen LogP contribution >= 0.6 is 15.6 Å². The second kappa shape index (κ2) is 80.0. The molecule has 108 heavy (non-hydrogen) atoms. The van der Waals surface area contributed by atoms with Crippen LogP contribution in [-0.4, -0.2) is 96.7 Å². The van der Waals surface area contributed by atoms with Gasteiger partial charge in [-0.2, -0.15) is 0 Å². The number of hydrogen-bond acceptors (Lipinski definition) is 15. The Bertz CT molecular complexity index is 2610. The van der Waals surface area contributed by atoms with E-state index in [4.69, 9.17) is 37.0 Å². The lowest BCUT2D eigenvalue weighted by atomic mass is 10.1. The Labute approximate surface area is 656 Å². The van der Waals surface area contributed by atoms with E-state index in [2.05, 4.69) is 174 Å². The molecule has 0 saturated carbocycles. The van der Waals surface area contributed by atoms with E-state index < -0.39 is 97.5 Å². The zero-order chi connectivity index (χ0) is 78.9. The van der Waals surface area contributed by atoms with Gasteiger partial charge in [-0.1, -0.05) is 296 Å². The van der Waals surface area contributed by atoms with Crippen molar-refractivity contribution in [3.8, 4) is 0 Å².